The van der Waals surface area contributed by atoms with Gasteiger partial charge in [-0.1, -0.05) is 24.3 Å². The number of hydrogen-bond donors (Lipinski definition) is 3. The number of benzene rings is 1. The van der Waals surface area contributed by atoms with Gasteiger partial charge in [-0.2, -0.15) is 0 Å². The van der Waals surface area contributed by atoms with Gasteiger partial charge in [-0.05, 0) is 25.8 Å². The number of carbonyl (C=O) groups is 3. The molecule has 116 valence electrons. The van der Waals surface area contributed by atoms with Crippen LogP contribution in [0.15, 0.2) is 36.0 Å². The second-order valence-corrected chi connectivity index (χ2v) is 5.12. The Morgan fingerprint density at radius 2 is 1.86 bits per heavy atom. The molecule has 0 heterocycles. The van der Waals surface area contributed by atoms with E-state index in [0.29, 0.717) is 36.9 Å². The number of unbranched alkanes of at least 4 members (excludes halogenated alkanes) is 1. The number of allylic oxidation sites excluding steroid dienone is 2. The van der Waals surface area contributed by atoms with Crippen molar-refractivity contribution in [1.82, 2.24) is 5.32 Å². The average Bonchev–Trinajstić information content (AvgIpc) is 2.51. The molecule has 1 aliphatic carbocycles. The highest BCUT2D eigenvalue weighted by molar-refractivity contribution is 6.24. The topological polar surface area (TPSA) is 109 Å². The average molecular weight is 302 g/mol. The van der Waals surface area contributed by atoms with Gasteiger partial charge in [0.05, 0.1) is 5.70 Å². The van der Waals surface area contributed by atoms with Crippen molar-refractivity contribution < 1.29 is 19.5 Å². The molecule has 0 aromatic heterocycles. The number of Topliss-reactive ketones (excluding diaryl/α,β-unsaturated/α-hetero) is 1. The van der Waals surface area contributed by atoms with Gasteiger partial charge in [-0.15, -0.1) is 0 Å². The summed E-state index contributed by atoms with van der Waals surface area (Å²) in [7, 11) is 0. The lowest BCUT2D eigenvalue weighted by Crippen LogP contribution is -2.39. The van der Waals surface area contributed by atoms with E-state index in [1.54, 1.807) is 24.3 Å². The number of carbonyl (C=O) groups excluding carboxylic acids is 2. The van der Waals surface area contributed by atoms with Gasteiger partial charge >= 0.3 is 5.97 Å². The molecule has 2 rings (SSSR count). The molecule has 1 aliphatic rings. The first kappa shape index (κ1) is 15.9. The summed E-state index contributed by atoms with van der Waals surface area (Å²) in [4.78, 5) is 35.7. The lowest BCUT2D eigenvalue weighted by Gasteiger charge is -2.20. The van der Waals surface area contributed by atoms with Gasteiger partial charge in [-0.25, -0.2) is 4.79 Å². The number of fused-ring (bicyclic) bond motifs is 1. The summed E-state index contributed by atoms with van der Waals surface area (Å²) >= 11 is 0. The lowest BCUT2D eigenvalue weighted by molar-refractivity contribution is -0.139. The number of ketones is 2. The van der Waals surface area contributed by atoms with Crippen molar-refractivity contribution in [2.45, 2.75) is 25.3 Å². The fraction of sp³-hybridized carbons (Fsp3) is 0.312. The second kappa shape index (κ2) is 7.00. The smallest absolute Gasteiger partial charge is 0.326 e. The fourth-order valence-corrected chi connectivity index (χ4v) is 2.36. The molecule has 1 aromatic carbocycles. The Kier molecular flexibility index (Phi) is 5.06. The van der Waals surface area contributed by atoms with E-state index in [4.69, 9.17) is 5.73 Å². The number of hydrogen-bond acceptors (Lipinski definition) is 5. The van der Waals surface area contributed by atoms with Crippen LogP contribution in [0.4, 0.5) is 0 Å². The van der Waals surface area contributed by atoms with Crippen LogP contribution >= 0.6 is 0 Å². The number of nitrogens with one attached hydrogen (secondary N) is 1. The van der Waals surface area contributed by atoms with Crippen LogP contribution in [-0.4, -0.2) is 35.2 Å². The zero-order valence-electron chi connectivity index (χ0n) is 12.0. The van der Waals surface area contributed by atoms with Gasteiger partial charge in [0.1, 0.15) is 6.04 Å². The second-order valence-electron chi connectivity index (χ2n) is 5.12. The standard InChI is InChI=1S/C16H18N2O4/c17-8-4-3-7-12(16(21)22)18-13-9-14(19)10-5-1-2-6-11(10)15(13)20/h1-2,5-6,9,12,18H,3-4,7-8,17H2,(H,21,22)/t12-/m0/s1. The molecule has 0 saturated carbocycles. The number of aliphatic carboxylic acids is 1. The van der Waals surface area contributed by atoms with E-state index in [-0.39, 0.29) is 17.3 Å². The van der Waals surface area contributed by atoms with E-state index in [1.165, 1.54) is 6.08 Å². The zero-order valence-corrected chi connectivity index (χ0v) is 12.0. The van der Waals surface area contributed by atoms with Crippen LogP contribution in [-0.2, 0) is 4.79 Å². The predicted molar refractivity (Wildman–Crippen MR) is 80.7 cm³/mol. The van der Waals surface area contributed by atoms with Crippen molar-refractivity contribution in [3.05, 3.63) is 47.2 Å². The molecular formula is C16H18N2O4. The monoisotopic (exact) mass is 302 g/mol. The maximum absolute atomic E-state index is 12.4. The van der Waals surface area contributed by atoms with Crippen LogP contribution in [0.5, 0.6) is 0 Å². The minimum atomic E-state index is -1.06. The largest absolute Gasteiger partial charge is 0.480 e. The summed E-state index contributed by atoms with van der Waals surface area (Å²) in [5.74, 6) is -1.72. The third kappa shape index (κ3) is 3.40. The van der Waals surface area contributed by atoms with Crippen LogP contribution in [0.25, 0.3) is 0 Å². The van der Waals surface area contributed by atoms with Gasteiger partial charge in [0.15, 0.2) is 5.78 Å². The molecule has 0 spiro atoms. The Morgan fingerprint density at radius 1 is 1.18 bits per heavy atom. The minimum Gasteiger partial charge on any atom is -0.480 e. The molecule has 0 aliphatic heterocycles. The summed E-state index contributed by atoms with van der Waals surface area (Å²) in [6.07, 6.45) is 2.85. The number of carboxylic acid groups (broad SMARTS) is 1. The number of rotatable bonds is 7. The van der Waals surface area contributed by atoms with E-state index in [2.05, 4.69) is 5.32 Å². The molecule has 0 bridgehead atoms. The third-order valence-electron chi connectivity index (χ3n) is 3.53. The van der Waals surface area contributed by atoms with Crippen molar-refractivity contribution >= 4 is 17.5 Å². The van der Waals surface area contributed by atoms with E-state index in [1.807, 2.05) is 0 Å². The molecule has 1 atom stereocenters. The Morgan fingerprint density at radius 3 is 2.50 bits per heavy atom. The third-order valence-corrected chi connectivity index (χ3v) is 3.53. The van der Waals surface area contributed by atoms with Crippen LogP contribution < -0.4 is 11.1 Å². The molecule has 0 radical (unpaired) electrons. The van der Waals surface area contributed by atoms with Crippen LogP contribution in [0.3, 0.4) is 0 Å². The number of nitrogens with two attached hydrogens (primary N) is 1. The number of carboxylic acids is 1. The lowest BCUT2D eigenvalue weighted by atomic mass is 9.92. The summed E-state index contributed by atoms with van der Waals surface area (Å²) in [6, 6.07) is 5.58. The molecule has 0 fully saturated rings. The Bertz CT molecular complexity index is 637. The first-order valence-corrected chi connectivity index (χ1v) is 7.13. The Balaban J connectivity index is 2.16. The van der Waals surface area contributed by atoms with Crippen LogP contribution in [0.2, 0.25) is 0 Å². The summed E-state index contributed by atoms with van der Waals surface area (Å²) in [5.41, 5.74) is 6.06. The first-order chi connectivity index (χ1) is 10.5. The minimum absolute atomic E-state index is 0.0313. The van der Waals surface area contributed by atoms with Gasteiger partial charge in [0, 0.05) is 17.2 Å². The van der Waals surface area contributed by atoms with E-state index in [0.717, 1.165) is 0 Å². The van der Waals surface area contributed by atoms with Gasteiger partial charge in [-0.3, -0.25) is 9.59 Å². The fourth-order valence-electron chi connectivity index (χ4n) is 2.36. The van der Waals surface area contributed by atoms with E-state index in [9.17, 15) is 19.5 Å². The summed E-state index contributed by atoms with van der Waals surface area (Å²) in [6.45, 7) is 0.486. The predicted octanol–water partition coefficient (Wildman–Crippen LogP) is 1.12. The molecule has 1 aromatic rings. The van der Waals surface area contributed by atoms with Crippen LogP contribution in [0, 0.1) is 0 Å². The maximum atomic E-state index is 12.4. The molecule has 0 amide bonds. The van der Waals surface area contributed by atoms with Crippen LogP contribution in [0.1, 0.15) is 40.0 Å². The molecular weight excluding hydrogens is 284 g/mol. The zero-order chi connectivity index (χ0) is 16.1. The summed E-state index contributed by atoms with van der Waals surface area (Å²) < 4.78 is 0. The molecule has 6 heteroatoms. The van der Waals surface area contributed by atoms with Crippen molar-refractivity contribution in [2.24, 2.45) is 5.73 Å². The Labute approximate surface area is 128 Å². The quantitative estimate of drug-likeness (QED) is 0.651. The normalized spacial score (nSPS) is 15.0. The van der Waals surface area contributed by atoms with Crippen molar-refractivity contribution in [3.8, 4) is 0 Å². The van der Waals surface area contributed by atoms with Crippen molar-refractivity contribution in [1.29, 1.82) is 0 Å². The molecule has 0 saturated heterocycles. The maximum Gasteiger partial charge on any atom is 0.326 e. The molecule has 0 unspecified atom stereocenters. The Hall–Kier alpha value is -2.47. The van der Waals surface area contributed by atoms with Gasteiger partial charge in [0.25, 0.3) is 0 Å². The van der Waals surface area contributed by atoms with Crippen molar-refractivity contribution in [2.75, 3.05) is 6.54 Å². The highest BCUT2D eigenvalue weighted by Crippen LogP contribution is 2.20. The van der Waals surface area contributed by atoms with Gasteiger partial charge < -0.3 is 16.2 Å². The van der Waals surface area contributed by atoms with E-state index < -0.39 is 12.0 Å². The van der Waals surface area contributed by atoms with Crippen molar-refractivity contribution in [3.63, 3.8) is 0 Å². The highest BCUT2D eigenvalue weighted by atomic mass is 16.4. The molecule has 22 heavy (non-hydrogen) atoms. The highest BCUT2D eigenvalue weighted by Gasteiger charge is 2.28. The van der Waals surface area contributed by atoms with E-state index >= 15 is 0 Å². The SMILES string of the molecule is NCCCC[C@H](NC1=CC(=O)c2ccccc2C1=O)C(=O)O. The van der Waals surface area contributed by atoms with Gasteiger partial charge in [0.2, 0.25) is 5.78 Å². The first-order valence-electron chi connectivity index (χ1n) is 7.13. The summed E-state index contributed by atoms with van der Waals surface area (Å²) in [5, 5.41) is 11.9. The molecule has 6 nitrogen and oxygen atoms in total. The molecule has 4 N–H and O–H groups in total.